The Bertz CT molecular complexity index is 419. The standard InChI is InChI=1S/C13H20BrNO2/c1-7-8(2)13(17-4)11(5-10(15)6-16)9(3)12(7)14/h10,16H,5-6,15H2,1-4H3. The van der Waals surface area contributed by atoms with Crippen LogP contribution in [0.3, 0.4) is 0 Å². The molecule has 3 N–H and O–H groups in total. The summed E-state index contributed by atoms with van der Waals surface area (Å²) in [6, 6.07) is -0.253. The van der Waals surface area contributed by atoms with Crippen molar-refractivity contribution in [3.8, 4) is 5.75 Å². The third kappa shape index (κ3) is 2.81. The zero-order chi connectivity index (χ0) is 13.2. The average Bonchev–Trinajstić information content (AvgIpc) is 2.33. The van der Waals surface area contributed by atoms with Crippen LogP contribution >= 0.6 is 15.9 Å². The quantitative estimate of drug-likeness (QED) is 0.897. The fourth-order valence-electron chi connectivity index (χ4n) is 1.99. The summed E-state index contributed by atoms with van der Waals surface area (Å²) < 4.78 is 6.57. The smallest absolute Gasteiger partial charge is 0.125 e. The van der Waals surface area contributed by atoms with Crippen LogP contribution in [-0.2, 0) is 6.42 Å². The van der Waals surface area contributed by atoms with Crippen LogP contribution in [0.2, 0.25) is 0 Å². The summed E-state index contributed by atoms with van der Waals surface area (Å²) in [6.07, 6.45) is 0.616. The fraction of sp³-hybridized carbons (Fsp3) is 0.538. The second kappa shape index (κ2) is 5.85. The fourth-order valence-corrected chi connectivity index (χ4v) is 2.53. The molecule has 0 radical (unpaired) electrons. The molecule has 0 heterocycles. The largest absolute Gasteiger partial charge is 0.496 e. The highest BCUT2D eigenvalue weighted by Gasteiger charge is 2.18. The Kier molecular flexibility index (Phi) is 4.98. The third-order valence-electron chi connectivity index (χ3n) is 3.19. The lowest BCUT2D eigenvalue weighted by molar-refractivity contribution is 0.264. The molecule has 96 valence electrons. The van der Waals surface area contributed by atoms with E-state index >= 15 is 0 Å². The van der Waals surface area contributed by atoms with E-state index in [2.05, 4.69) is 22.9 Å². The lowest BCUT2D eigenvalue weighted by atomic mass is 9.94. The van der Waals surface area contributed by atoms with Gasteiger partial charge >= 0.3 is 0 Å². The molecule has 0 saturated carbocycles. The highest BCUT2D eigenvalue weighted by Crippen LogP contribution is 2.36. The van der Waals surface area contributed by atoms with Crippen molar-refractivity contribution in [1.29, 1.82) is 0 Å². The van der Waals surface area contributed by atoms with Crippen molar-refractivity contribution in [1.82, 2.24) is 0 Å². The van der Waals surface area contributed by atoms with Gasteiger partial charge in [-0.3, -0.25) is 0 Å². The molecule has 3 nitrogen and oxygen atoms in total. The van der Waals surface area contributed by atoms with Crippen molar-refractivity contribution in [3.63, 3.8) is 0 Å². The van der Waals surface area contributed by atoms with E-state index < -0.39 is 0 Å². The number of nitrogens with two attached hydrogens (primary N) is 1. The van der Waals surface area contributed by atoms with Crippen molar-refractivity contribution >= 4 is 15.9 Å². The van der Waals surface area contributed by atoms with Gasteiger partial charge in [0.2, 0.25) is 0 Å². The Morgan fingerprint density at radius 2 is 1.82 bits per heavy atom. The van der Waals surface area contributed by atoms with E-state index in [9.17, 15) is 0 Å². The van der Waals surface area contributed by atoms with Gasteiger partial charge in [0.15, 0.2) is 0 Å². The first kappa shape index (κ1) is 14.5. The molecule has 1 rings (SSSR count). The Morgan fingerprint density at radius 3 is 2.29 bits per heavy atom. The summed E-state index contributed by atoms with van der Waals surface area (Å²) in [6.45, 7) is 6.11. The monoisotopic (exact) mass is 301 g/mol. The minimum Gasteiger partial charge on any atom is -0.496 e. The number of aliphatic hydroxyl groups is 1. The van der Waals surface area contributed by atoms with Crippen molar-refractivity contribution in [3.05, 3.63) is 26.7 Å². The predicted molar refractivity (Wildman–Crippen MR) is 73.7 cm³/mol. The van der Waals surface area contributed by atoms with Crippen molar-refractivity contribution in [2.45, 2.75) is 33.2 Å². The summed E-state index contributed by atoms with van der Waals surface area (Å²) in [5.74, 6) is 0.882. The van der Waals surface area contributed by atoms with Gasteiger partial charge in [0.05, 0.1) is 13.7 Å². The normalized spacial score (nSPS) is 12.6. The SMILES string of the molecule is COc1c(C)c(C)c(Br)c(C)c1CC(N)CO. The molecule has 0 spiro atoms. The maximum atomic E-state index is 9.07. The molecule has 1 aromatic rings. The van der Waals surface area contributed by atoms with E-state index in [-0.39, 0.29) is 12.6 Å². The van der Waals surface area contributed by atoms with Gasteiger partial charge in [0.25, 0.3) is 0 Å². The molecule has 0 fully saturated rings. The van der Waals surface area contributed by atoms with Crippen LogP contribution in [0.15, 0.2) is 4.47 Å². The molecule has 0 amide bonds. The first-order valence-corrected chi connectivity index (χ1v) is 6.41. The Hall–Kier alpha value is -0.580. The molecule has 0 bridgehead atoms. The molecule has 1 unspecified atom stereocenters. The van der Waals surface area contributed by atoms with Crippen molar-refractivity contribution in [2.75, 3.05) is 13.7 Å². The summed E-state index contributed by atoms with van der Waals surface area (Å²) in [4.78, 5) is 0. The maximum absolute atomic E-state index is 9.07. The Labute approximate surface area is 111 Å². The summed E-state index contributed by atoms with van der Waals surface area (Å²) >= 11 is 3.60. The molecule has 4 heteroatoms. The lowest BCUT2D eigenvalue weighted by Crippen LogP contribution is -2.27. The van der Waals surface area contributed by atoms with E-state index in [1.54, 1.807) is 7.11 Å². The van der Waals surface area contributed by atoms with Gasteiger partial charge in [0, 0.05) is 16.1 Å². The van der Waals surface area contributed by atoms with Gasteiger partial charge in [-0.05, 0) is 43.9 Å². The first-order chi connectivity index (χ1) is 7.93. The number of hydrogen-bond acceptors (Lipinski definition) is 3. The molecule has 0 aliphatic rings. The molecule has 1 aromatic carbocycles. The van der Waals surface area contributed by atoms with Gasteiger partial charge < -0.3 is 15.6 Å². The topological polar surface area (TPSA) is 55.5 Å². The molecular formula is C13H20BrNO2. The highest BCUT2D eigenvalue weighted by atomic mass is 79.9. The Morgan fingerprint density at radius 1 is 1.24 bits per heavy atom. The number of hydrogen-bond donors (Lipinski definition) is 2. The molecule has 1 atom stereocenters. The van der Waals surface area contributed by atoms with Crippen LogP contribution in [0.5, 0.6) is 5.75 Å². The Balaban J connectivity index is 3.36. The maximum Gasteiger partial charge on any atom is 0.125 e. The van der Waals surface area contributed by atoms with E-state index in [1.165, 1.54) is 5.56 Å². The second-order valence-corrected chi connectivity index (χ2v) is 5.14. The number of benzene rings is 1. The zero-order valence-corrected chi connectivity index (χ0v) is 12.4. The van der Waals surface area contributed by atoms with Crippen molar-refractivity contribution in [2.24, 2.45) is 5.73 Å². The van der Waals surface area contributed by atoms with Gasteiger partial charge in [-0.1, -0.05) is 15.9 Å². The van der Waals surface area contributed by atoms with Gasteiger partial charge in [-0.25, -0.2) is 0 Å². The van der Waals surface area contributed by atoms with E-state index in [4.69, 9.17) is 15.6 Å². The zero-order valence-electron chi connectivity index (χ0n) is 10.8. The van der Waals surface area contributed by atoms with Crippen LogP contribution in [0.4, 0.5) is 0 Å². The van der Waals surface area contributed by atoms with Crippen LogP contribution in [0.25, 0.3) is 0 Å². The molecule has 17 heavy (non-hydrogen) atoms. The van der Waals surface area contributed by atoms with Crippen LogP contribution < -0.4 is 10.5 Å². The van der Waals surface area contributed by atoms with E-state index in [1.807, 2.05) is 13.8 Å². The molecule has 0 aliphatic heterocycles. The number of methoxy groups -OCH3 is 1. The minimum atomic E-state index is -0.253. The molecule has 0 aromatic heterocycles. The molecule has 0 saturated heterocycles. The first-order valence-electron chi connectivity index (χ1n) is 5.62. The van der Waals surface area contributed by atoms with E-state index in [0.29, 0.717) is 6.42 Å². The van der Waals surface area contributed by atoms with Gasteiger partial charge in [-0.2, -0.15) is 0 Å². The lowest BCUT2D eigenvalue weighted by Gasteiger charge is -2.20. The highest BCUT2D eigenvalue weighted by molar-refractivity contribution is 9.10. The van der Waals surface area contributed by atoms with Gasteiger partial charge in [0.1, 0.15) is 5.75 Å². The summed E-state index contributed by atoms with van der Waals surface area (Å²) in [7, 11) is 1.67. The van der Waals surface area contributed by atoms with Gasteiger partial charge in [-0.15, -0.1) is 0 Å². The average molecular weight is 302 g/mol. The van der Waals surface area contributed by atoms with E-state index in [0.717, 1.165) is 26.9 Å². The van der Waals surface area contributed by atoms with Crippen LogP contribution in [0, 0.1) is 20.8 Å². The number of rotatable bonds is 4. The number of aliphatic hydroxyl groups excluding tert-OH is 1. The minimum absolute atomic E-state index is 0.0207. The van der Waals surface area contributed by atoms with Crippen molar-refractivity contribution < 1.29 is 9.84 Å². The second-order valence-electron chi connectivity index (χ2n) is 4.35. The summed E-state index contributed by atoms with van der Waals surface area (Å²) in [5, 5.41) is 9.07. The van der Waals surface area contributed by atoms with Crippen LogP contribution in [0.1, 0.15) is 22.3 Å². The molecule has 0 aliphatic carbocycles. The number of halogens is 1. The van der Waals surface area contributed by atoms with Crippen LogP contribution in [-0.4, -0.2) is 24.9 Å². The molecular weight excluding hydrogens is 282 g/mol. The third-order valence-corrected chi connectivity index (χ3v) is 4.38. The summed E-state index contributed by atoms with van der Waals surface area (Å²) in [5.41, 5.74) is 10.3. The number of ether oxygens (including phenoxy) is 1. The predicted octanol–water partition coefficient (Wildman–Crippen LogP) is 2.25.